The summed E-state index contributed by atoms with van der Waals surface area (Å²) in [5, 5.41) is 4.57. The maximum Gasteiger partial charge on any atom is 0.266 e. The Kier molecular flexibility index (Phi) is 4.11. The van der Waals surface area contributed by atoms with Crippen molar-refractivity contribution in [3.05, 3.63) is 57.1 Å². The number of rotatable bonds is 3. The van der Waals surface area contributed by atoms with E-state index in [2.05, 4.69) is 34.8 Å². The van der Waals surface area contributed by atoms with Gasteiger partial charge in [0.2, 0.25) is 0 Å². The van der Waals surface area contributed by atoms with Gasteiger partial charge in [-0.05, 0) is 50.6 Å². The zero-order chi connectivity index (χ0) is 19.3. The molecular formula is C20H20N4O2S. The van der Waals surface area contributed by atoms with Crippen molar-refractivity contribution in [3.63, 3.8) is 0 Å². The molecule has 4 rings (SSSR count). The summed E-state index contributed by atoms with van der Waals surface area (Å²) < 4.78 is 3.66. The first kappa shape index (κ1) is 17.5. The highest BCUT2D eigenvalue weighted by atomic mass is 32.1. The van der Waals surface area contributed by atoms with Crippen LogP contribution in [0.2, 0.25) is 0 Å². The molecule has 1 aromatic carbocycles. The van der Waals surface area contributed by atoms with E-state index < -0.39 is 0 Å². The average molecular weight is 380 g/mol. The van der Waals surface area contributed by atoms with Crippen molar-refractivity contribution in [2.75, 3.05) is 5.32 Å². The van der Waals surface area contributed by atoms with Crippen LogP contribution in [0.15, 0.2) is 35.4 Å². The molecular weight excluding hydrogens is 360 g/mol. The third kappa shape index (κ3) is 2.75. The maximum absolute atomic E-state index is 12.8. The molecule has 0 bridgehead atoms. The fourth-order valence-corrected chi connectivity index (χ4v) is 4.55. The molecule has 7 heteroatoms. The van der Waals surface area contributed by atoms with E-state index in [0.29, 0.717) is 20.7 Å². The standard InChI is InChI=1S/C20H20N4O2S/c1-5-24-11(2)8-13-9-14(6-7-15(13)24)22-18(25)17-12(3)16-19(27-17)21-10-23(4)20(16)26/h6-10H,5H2,1-4H3,(H,22,25). The van der Waals surface area contributed by atoms with E-state index >= 15 is 0 Å². The number of carbonyl (C=O) groups excluding carboxylic acids is 1. The first-order chi connectivity index (χ1) is 12.9. The normalized spacial score (nSPS) is 11.4. The predicted molar refractivity (Wildman–Crippen MR) is 110 cm³/mol. The summed E-state index contributed by atoms with van der Waals surface area (Å²) in [4.78, 5) is 30.6. The van der Waals surface area contributed by atoms with E-state index in [-0.39, 0.29) is 11.5 Å². The maximum atomic E-state index is 12.8. The minimum absolute atomic E-state index is 0.134. The second-order valence-corrected chi connectivity index (χ2v) is 7.65. The van der Waals surface area contributed by atoms with Crippen LogP contribution in [0.1, 0.15) is 27.9 Å². The molecule has 3 heterocycles. The lowest BCUT2D eigenvalue weighted by Crippen LogP contribution is -2.17. The minimum atomic E-state index is -0.219. The third-order valence-corrected chi connectivity index (χ3v) is 6.10. The van der Waals surface area contributed by atoms with Crippen LogP contribution in [0.3, 0.4) is 0 Å². The van der Waals surface area contributed by atoms with Gasteiger partial charge in [0, 0.05) is 35.9 Å². The van der Waals surface area contributed by atoms with Gasteiger partial charge in [-0.15, -0.1) is 11.3 Å². The smallest absolute Gasteiger partial charge is 0.266 e. The Bertz CT molecular complexity index is 1260. The van der Waals surface area contributed by atoms with E-state index in [0.717, 1.165) is 23.1 Å². The summed E-state index contributed by atoms with van der Waals surface area (Å²) in [6.45, 7) is 6.90. The number of thiophene rings is 1. The molecule has 6 nitrogen and oxygen atoms in total. The Morgan fingerprint density at radius 2 is 2.04 bits per heavy atom. The molecule has 0 fully saturated rings. The van der Waals surface area contributed by atoms with Gasteiger partial charge in [0.1, 0.15) is 4.83 Å². The lowest BCUT2D eigenvalue weighted by atomic mass is 10.2. The van der Waals surface area contributed by atoms with Crippen LogP contribution >= 0.6 is 11.3 Å². The van der Waals surface area contributed by atoms with Crippen molar-refractivity contribution in [1.82, 2.24) is 14.1 Å². The Morgan fingerprint density at radius 1 is 1.26 bits per heavy atom. The van der Waals surface area contributed by atoms with Gasteiger partial charge in [0.05, 0.1) is 16.6 Å². The quantitative estimate of drug-likeness (QED) is 0.587. The average Bonchev–Trinajstić information content (AvgIpc) is 3.14. The van der Waals surface area contributed by atoms with Crippen molar-refractivity contribution in [2.45, 2.75) is 27.3 Å². The Labute approximate surface area is 160 Å². The van der Waals surface area contributed by atoms with Gasteiger partial charge in [-0.3, -0.25) is 9.59 Å². The lowest BCUT2D eigenvalue weighted by Gasteiger charge is -2.07. The molecule has 4 aromatic rings. The summed E-state index contributed by atoms with van der Waals surface area (Å²) in [5.74, 6) is -0.219. The number of carbonyl (C=O) groups is 1. The Hall–Kier alpha value is -2.93. The van der Waals surface area contributed by atoms with Crippen LogP contribution in [-0.4, -0.2) is 20.0 Å². The van der Waals surface area contributed by atoms with E-state index in [1.54, 1.807) is 14.0 Å². The molecule has 1 amide bonds. The summed E-state index contributed by atoms with van der Waals surface area (Å²) >= 11 is 1.25. The van der Waals surface area contributed by atoms with Gasteiger partial charge >= 0.3 is 0 Å². The summed E-state index contributed by atoms with van der Waals surface area (Å²) in [6, 6.07) is 8.03. The van der Waals surface area contributed by atoms with Crippen molar-refractivity contribution in [3.8, 4) is 0 Å². The number of aromatic nitrogens is 3. The molecule has 1 N–H and O–H groups in total. The van der Waals surface area contributed by atoms with E-state index in [9.17, 15) is 9.59 Å². The molecule has 0 radical (unpaired) electrons. The Balaban J connectivity index is 1.71. The van der Waals surface area contributed by atoms with Crippen LogP contribution in [0, 0.1) is 13.8 Å². The summed E-state index contributed by atoms with van der Waals surface area (Å²) in [6.07, 6.45) is 1.48. The van der Waals surface area contributed by atoms with Crippen LogP contribution in [0.5, 0.6) is 0 Å². The second-order valence-electron chi connectivity index (χ2n) is 6.65. The molecule has 0 aliphatic heterocycles. The van der Waals surface area contributed by atoms with Crippen LogP contribution in [0.4, 0.5) is 5.69 Å². The number of nitrogens with one attached hydrogen (secondary N) is 1. The number of anilines is 1. The summed E-state index contributed by atoms with van der Waals surface area (Å²) in [7, 11) is 1.66. The van der Waals surface area contributed by atoms with Crippen LogP contribution < -0.4 is 10.9 Å². The zero-order valence-electron chi connectivity index (χ0n) is 15.7. The van der Waals surface area contributed by atoms with Gasteiger partial charge in [-0.25, -0.2) is 4.98 Å². The molecule has 0 unspecified atom stereocenters. The largest absolute Gasteiger partial charge is 0.345 e. The van der Waals surface area contributed by atoms with Gasteiger partial charge in [0.15, 0.2) is 0 Å². The van der Waals surface area contributed by atoms with E-state index in [1.807, 2.05) is 18.2 Å². The molecule has 0 saturated carbocycles. The Morgan fingerprint density at radius 3 is 2.78 bits per heavy atom. The second kappa shape index (κ2) is 6.35. The number of benzene rings is 1. The topological polar surface area (TPSA) is 68.9 Å². The highest BCUT2D eigenvalue weighted by Crippen LogP contribution is 2.28. The SMILES string of the molecule is CCn1c(C)cc2cc(NC(=O)c3sc4ncn(C)c(=O)c4c3C)ccc21. The number of hydrogen-bond donors (Lipinski definition) is 1. The number of nitrogens with zero attached hydrogens (tertiary/aromatic N) is 3. The van der Waals surface area contributed by atoms with Gasteiger partial charge in [-0.1, -0.05) is 0 Å². The minimum Gasteiger partial charge on any atom is -0.345 e. The van der Waals surface area contributed by atoms with Crippen molar-refractivity contribution in [2.24, 2.45) is 7.05 Å². The van der Waals surface area contributed by atoms with E-state index in [4.69, 9.17) is 0 Å². The monoisotopic (exact) mass is 380 g/mol. The zero-order valence-corrected chi connectivity index (χ0v) is 16.5. The van der Waals surface area contributed by atoms with Crippen molar-refractivity contribution < 1.29 is 4.79 Å². The fraction of sp³-hybridized carbons (Fsp3) is 0.250. The van der Waals surface area contributed by atoms with Crippen molar-refractivity contribution in [1.29, 1.82) is 0 Å². The molecule has 0 atom stereocenters. The molecule has 0 aliphatic rings. The third-order valence-electron chi connectivity index (χ3n) is 4.90. The fourth-order valence-electron chi connectivity index (χ4n) is 3.52. The molecule has 3 aromatic heterocycles. The number of hydrogen-bond acceptors (Lipinski definition) is 4. The van der Waals surface area contributed by atoms with Gasteiger partial charge < -0.3 is 14.5 Å². The highest BCUT2D eigenvalue weighted by Gasteiger charge is 2.19. The molecule has 0 spiro atoms. The van der Waals surface area contributed by atoms with Crippen LogP contribution in [0.25, 0.3) is 21.1 Å². The van der Waals surface area contributed by atoms with Gasteiger partial charge in [-0.2, -0.15) is 0 Å². The number of aryl methyl sites for hydroxylation is 4. The predicted octanol–water partition coefficient (Wildman–Crippen LogP) is 3.84. The highest BCUT2D eigenvalue weighted by molar-refractivity contribution is 7.20. The van der Waals surface area contributed by atoms with Crippen LogP contribution in [-0.2, 0) is 13.6 Å². The molecule has 27 heavy (non-hydrogen) atoms. The molecule has 0 aliphatic carbocycles. The first-order valence-electron chi connectivity index (χ1n) is 8.76. The number of fused-ring (bicyclic) bond motifs is 2. The van der Waals surface area contributed by atoms with Crippen molar-refractivity contribution >= 4 is 44.1 Å². The summed E-state index contributed by atoms with van der Waals surface area (Å²) in [5.41, 5.74) is 3.62. The molecule has 138 valence electrons. The van der Waals surface area contributed by atoms with E-state index in [1.165, 1.54) is 27.9 Å². The number of amides is 1. The van der Waals surface area contributed by atoms with Gasteiger partial charge in [0.25, 0.3) is 11.5 Å². The molecule has 0 saturated heterocycles. The lowest BCUT2D eigenvalue weighted by molar-refractivity contribution is 0.103. The first-order valence-corrected chi connectivity index (χ1v) is 9.58.